The first-order valence-corrected chi connectivity index (χ1v) is 3.37. The number of hydrogen-bond donors (Lipinski definition) is 1. The van der Waals surface area contributed by atoms with Gasteiger partial charge in [-0.25, -0.2) is 0 Å². The van der Waals surface area contributed by atoms with E-state index in [1.165, 1.54) is 0 Å². The van der Waals surface area contributed by atoms with E-state index in [1.54, 1.807) is 4.68 Å². The van der Waals surface area contributed by atoms with Crippen LogP contribution in [-0.2, 0) is 7.05 Å². The Morgan fingerprint density at radius 1 is 1.67 bits per heavy atom. The Balaban J connectivity index is 3.29. The van der Waals surface area contributed by atoms with Gasteiger partial charge < -0.3 is 5.73 Å². The number of aryl methyl sites for hydroxylation is 2. The Hall–Kier alpha value is -0.510. The summed E-state index contributed by atoms with van der Waals surface area (Å²) >= 11 is 3.29. The molecule has 0 aliphatic carbocycles. The van der Waals surface area contributed by atoms with Gasteiger partial charge in [0.2, 0.25) is 0 Å². The van der Waals surface area contributed by atoms with Crippen LogP contribution in [0, 0.1) is 6.92 Å². The summed E-state index contributed by atoms with van der Waals surface area (Å²) in [6.45, 7) is 1.90. The van der Waals surface area contributed by atoms with Crippen LogP contribution in [0.2, 0.25) is 0 Å². The Bertz CT molecular complexity index is 206. The number of anilines is 1. The Labute approximate surface area is 62.0 Å². The largest absolute Gasteiger partial charge is 0.383 e. The van der Waals surface area contributed by atoms with Crippen LogP contribution < -0.4 is 5.73 Å². The lowest BCUT2D eigenvalue weighted by atomic mass is 10.5. The molecule has 0 amide bonds. The minimum Gasteiger partial charge on any atom is -0.383 e. The minimum absolute atomic E-state index is 0.674. The molecule has 1 heterocycles. The second kappa shape index (κ2) is 2.02. The van der Waals surface area contributed by atoms with Gasteiger partial charge in [-0.15, -0.1) is 0 Å². The molecule has 2 N–H and O–H groups in total. The van der Waals surface area contributed by atoms with E-state index in [9.17, 15) is 0 Å². The molecule has 1 aromatic heterocycles. The molecule has 0 saturated heterocycles. The molecule has 3 nitrogen and oxygen atoms in total. The van der Waals surface area contributed by atoms with E-state index in [1.807, 2.05) is 14.0 Å². The van der Waals surface area contributed by atoms with Crippen molar-refractivity contribution in [1.29, 1.82) is 0 Å². The van der Waals surface area contributed by atoms with E-state index in [-0.39, 0.29) is 0 Å². The van der Waals surface area contributed by atoms with Gasteiger partial charge in [0.05, 0.1) is 10.2 Å². The molecule has 0 aromatic carbocycles. The third kappa shape index (κ3) is 0.941. The molecule has 0 radical (unpaired) electrons. The van der Waals surface area contributed by atoms with Gasteiger partial charge in [-0.2, -0.15) is 5.10 Å². The predicted octanol–water partition coefficient (Wildman–Crippen LogP) is 1.07. The zero-order valence-corrected chi connectivity index (χ0v) is 6.94. The summed E-state index contributed by atoms with van der Waals surface area (Å²) in [6.07, 6.45) is 0. The zero-order valence-electron chi connectivity index (χ0n) is 5.35. The molecular formula is C5H8BrN3. The predicted molar refractivity (Wildman–Crippen MR) is 40.1 cm³/mol. The fraction of sp³-hybridized carbons (Fsp3) is 0.400. The van der Waals surface area contributed by atoms with E-state index in [2.05, 4.69) is 21.0 Å². The van der Waals surface area contributed by atoms with E-state index >= 15 is 0 Å². The fourth-order valence-electron chi connectivity index (χ4n) is 0.650. The van der Waals surface area contributed by atoms with Crippen molar-refractivity contribution in [1.82, 2.24) is 9.78 Å². The van der Waals surface area contributed by atoms with Gasteiger partial charge in [-0.1, -0.05) is 0 Å². The SMILES string of the molecule is Cc1nn(C)c(N)c1Br. The number of nitrogen functional groups attached to an aromatic ring is 1. The van der Waals surface area contributed by atoms with Crippen LogP contribution in [0.25, 0.3) is 0 Å². The molecular weight excluding hydrogens is 182 g/mol. The van der Waals surface area contributed by atoms with Crippen LogP contribution in [0.3, 0.4) is 0 Å². The van der Waals surface area contributed by atoms with Crippen molar-refractivity contribution in [2.24, 2.45) is 7.05 Å². The quantitative estimate of drug-likeness (QED) is 0.664. The molecule has 0 atom stereocenters. The first-order valence-electron chi connectivity index (χ1n) is 2.57. The average Bonchev–Trinajstić information content (AvgIpc) is 1.98. The average molecular weight is 190 g/mol. The van der Waals surface area contributed by atoms with Gasteiger partial charge in [0.25, 0.3) is 0 Å². The van der Waals surface area contributed by atoms with Gasteiger partial charge in [-0.05, 0) is 22.9 Å². The number of rotatable bonds is 0. The molecule has 0 aliphatic rings. The summed E-state index contributed by atoms with van der Waals surface area (Å²) < 4.78 is 2.53. The molecule has 9 heavy (non-hydrogen) atoms. The second-order valence-electron chi connectivity index (χ2n) is 1.91. The molecule has 0 bridgehead atoms. The lowest BCUT2D eigenvalue weighted by Crippen LogP contribution is -1.96. The maximum absolute atomic E-state index is 5.56. The molecule has 50 valence electrons. The molecule has 0 aliphatic heterocycles. The van der Waals surface area contributed by atoms with Gasteiger partial charge in [0, 0.05) is 7.05 Å². The molecule has 1 aromatic rings. The maximum Gasteiger partial charge on any atom is 0.136 e. The first-order chi connectivity index (χ1) is 4.13. The van der Waals surface area contributed by atoms with Crippen LogP contribution in [0.1, 0.15) is 5.69 Å². The van der Waals surface area contributed by atoms with Crippen molar-refractivity contribution < 1.29 is 0 Å². The van der Waals surface area contributed by atoms with Crippen molar-refractivity contribution in [2.75, 3.05) is 5.73 Å². The van der Waals surface area contributed by atoms with Crippen molar-refractivity contribution in [3.05, 3.63) is 10.2 Å². The summed E-state index contributed by atoms with van der Waals surface area (Å²) in [5.41, 5.74) is 6.48. The highest BCUT2D eigenvalue weighted by atomic mass is 79.9. The van der Waals surface area contributed by atoms with Crippen LogP contribution in [0.15, 0.2) is 4.47 Å². The Morgan fingerprint density at radius 2 is 2.22 bits per heavy atom. The summed E-state index contributed by atoms with van der Waals surface area (Å²) in [6, 6.07) is 0. The summed E-state index contributed by atoms with van der Waals surface area (Å²) in [7, 11) is 1.81. The first kappa shape index (κ1) is 6.61. The van der Waals surface area contributed by atoms with E-state index < -0.39 is 0 Å². The van der Waals surface area contributed by atoms with E-state index in [0.717, 1.165) is 10.2 Å². The van der Waals surface area contributed by atoms with Crippen LogP contribution in [0.4, 0.5) is 5.82 Å². The molecule has 0 saturated carbocycles. The fourth-order valence-corrected chi connectivity index (χ4v) is 0.986. The summed E-state index contributed by atoms with van der Waals surface area (Å²) in [5.74, 6) is 0.674. The Morgan fingerprint density at radius 3 is 2.33 bits per heavy atom. The molecule has 0 fully saturated rings. The monoisotopic (exact) mass is 189 g/mol. The topological polar surface area (TPSA) is 43.8 Å². The summed E-state index contributed by atoms with van der Waals surface area (Å²) in [4.78, 5) is 0. The third-order valence-electron chi connectivity index (χ3n) is 1.19. The standard InChI is InChI=1S/C5H8BrN3/c1-3-4(6)5(7)9(2)8-3/h7H2,1-2H3. The normalized spacial score (nSPS) is 10.1. The highest BCUT2D eigenvalue weighted by molar-refractivity contribution is 9.10. The lowest BCUT2D eigenvalue weighted by Gasteiger charge is -1.89. The van der Waals surface area contributed by atoms with Crippen molar-refractivity contribution >= 4 is 21.7 Å². The van der Waals surface area contributed by atoms with Crippen LogP contribution in [-0.4, -0.2) is 9.78 Å². The van der Waals surface area contributed by atoms with E-state index in [0.29, 0.717) is 5.82 Å². The van der Waals surface area contributed by atoms with Crippen LogP contribution >= 0.6 is 15.9 Å². The minimum atomic E-state index is 0.674. The highest BCUT2D eigenvalue weighted by Gasteiger charge is 2.04. The van der Waals surface area contributed by atoms with Gasteiger partial charge in [-0.3, -0.25) is 4.68 Å². The number of halogens is 1. The van der Waals surface area contributed by atoms with Gasteiger partial charge >= 0.3 is 0 Å². The Kier molecular flexibility index (Phi) is 1.48. The molecule has 0 unspecified atom stereocenters. The molecule has 1 rings (SSSR count). The third-order valence-corrected chi connectivity index (χ3v) is 2.17. The maximum atomic E-state index is 5.56. The van der Waals surface area contributed by atoms with Crippen molar-refractivity contribution in [2.45, 2.75) is 6.92 Å². The van der Waals surface area contributed by atoms with Gasteiger partial charge in [0.15, 0.2) is 0 Å². The molecule has 0 spiro atoms. The summed E-state index contributed by atoms with van der Waals surface area (Å²) in [5, 5.41) is 4.05. The second-order valence-corrected chi connectivity index (χ2v) is 2.70. The van der Waals surface area contributed by atoms with Crippen molar-refractivity contribution in [3.63, 3.8) is 0 Å². The number of nitrogens with two attached hydrogens (primary N) is 1. The highest BCUT2D eigenvalue weighted by Crippen LogP contribution is 2.21. The number of hydrogen-bond acceptors (Lipinski definition) is 2. The number of aromatic nitrogens is 2. The smallest absolute Gasteiger partial charge is 0.136 e. The van der Waals surface area contributed by atoms with Crippen LogP contribution in [0.5, 0.6) is 0 Å². The van der Waals surface area contributed by atoms with Gasteiger partial charge in [0.1, 0.15) is 5.82 Å². The van der Waals surface area contributed by atoms with Crippen molar-refractivity contribution in [3.8, 4) is 0 Å². The zero-order chi connectivity index (χ0) is 7.02. The molecule has 4 heteroatoms. The lowest BCUT2D eigenvalue weighted by molar-refractivity contribution is 0.767. The van der Waals surface area contributed by atoms with E-state index in [4.69, 9.17) is 5.73 Å². The number of nitrogens with zero attached hydrogens (tertiary/aromatic N) is 2.